The van der Waals surface area contributed by atoms with Crippen molar-refractivity contribution in [3.63, 3.8) is 0 Å². The second kappa shape index (κ2) is 27.1. The van der Waals surface area contributed by atoms with Crippen LogP contribution in [-0.4, -0.2) is 13.7 Å². The largest absolute Gasteiger partial charge is 0.309 e. The molecular weight excluding hydrogens is 1090 g/mol. The van der Waals surface area contributed by atoms with Crippen molar-refractivity contribution in [3.05, 3.63) is 223 Å². The first kappa shape index (κ1) is 69.8. The molecule has 3 aromatic heterocycles. The topological polar surface area (TPSA) is 14.8 Å². The summed E-state index contributed by atoms with van der Waals surface area (Å²) in [5.74, 6) is 0. The summed E-state index contributed by atoms with van der Waals surface area (Å²) in [7, 11) is 0. The quantitative estimate of drug-likeness (QED) is 0.167. The van der Waals surface area contributed by atoms with E-state index in [-0.39, 0.29) is 0 Å². The molecule has 3 heteroatoms. The molecule has 0 amide bonds. The van der Waals surface area contributed by atoms with E-state index >= 15 is 0 Å². The summed E-state index contributed by atoms with van der Waals surface area (Å²) >= 11 is 0. The second-order valence-electron chi connectivity index (χ2n) is 25.8. The third kappa shape index (κ3) is 10.9. The van der Waals surface area contributed by atoms with Crippen molar-refractivity contribution in [1.29, 1.82) is 0 Å². The number of rotatable bonds is 3. The van der Waals surface area contributed by atoms with E-state index in [1.165, 1.54) is 233 Å². The fourth-order valence-electron chi connectivity index (χ4n) is 14.6. The van der Waals surface area contributed by atoms with Crippen molar-refractivity contribution >= 4 is 65.4 Å². The number of hydrogen-bond donors (Lipinski definition) is 0. The maximum absolute atomic E-state index is 2.55. The fraction of sp³-hybridized carbons (Fsp3) is 0.379. The number of benzene rings is 9. The standard InChI is InChI=1S/3C27H31N.3C2H6/c1-14-10-12-23(13-11-14)28-26-21(8)17(4)15(2)19(6)24(26)25-20(7)16(3)18(5)22(9)27(25)28;1-14-11-10-12-23(13-14)28-26-21(8)17(4)15(2)19(6)24(26)25-20(7)16(3)18(5)22(9)27(25)28;1-14-12-10-11-13-23(14)28-26-21(8)17(4)15(2)19(6)24(26)25-20(7)16(3)18(5)22(9)27(25)28;3*1-2/h3*10-13H,1-9H3;3*1-2H3. The van der Waals surface area contributed by atoms with Gasteiger partial charge in [0.25, 0.3) is 0 Å². The molecule has 0 unspecified atom stereocenters. The molecule has 0 saturated carbocycles. The van der Waals surface area contributed by atoms with Crippen LogP contribution in [0, 0.1) is 187 Å². The molecule has 9 aromatic carbocycles. The van der Waals surface area contributed by atoms with Gasteiger partial charge >= 0.3 is 0 Å². The monoisotopic (exact) mass is 1200 g/mol. The maximum Gasteiger partial charge on any atom is 0.0576 e. The van der Waals surface area contributed by atoms with Crippen LogP contribution in [0.1, 0.15) is 192 Å². The molecule has 0 aliphatic heterocycles. The number of aryl methyl sites for hydroxylation is 15. The predicted octanol–water partition coefficient (Wildman–Crippen LogP) is 25.8. The lowest BCUT2D eigenvalue weighted by Crippen LogP contribution is -2.02. The highest BCUT2D eigenvalue weighted by Gasteiger charge is 2.28. The van der Waals surface area contributed by atoms with Crippen LogP contribution in [0.3, 0.4) is 0 Å². The Hall–Kier alpha value is -7.62. The third-order valence-electron chi connectivity index (χ3n) is 21.9. The Balaban J connectivity index is 0.000000184. The Labute approximate surface area is 544 Å². The number of hydrogen-bond acceptors (Lipinski definition) is 0. The van der Waals surface area contributed by atoms with Crippen LogP contribution >= 0.6 is 0 Å². The van der Waals surface area contributed by atoms with Gasteiger partial charge in [0, 0.05) is 49.4 Å². The van der Waals surface area contributed by atoms with Gasteiger partial charge in [-0.3, -0.25) is 0 Å². The van der Waals surface area contributed by atoms with Crippen molar-refractivity contribution in [1.82, 2.24) is 13.7 Å². The molecule has 0 spiro atoms. The highest BCUT2D eigenvalue weighted by molar-refractivity contribution is 6.18. The Kier molecular flexibility index (Phi) is 21.0. The van der Waals surface area contributed by atoms with E-state index in [1.54, 1.807) is 0 Å². The molecule has 0 atom stereocenters. The number of aromatic nitrogens is 3. The maximum atomic E-state index is 2.55. The van der Waals surface area contributed by atoms with Gasteiger partial charge in [-0.25, -0.2) is 0 Å². The average molecular weight is 1200 g/mol. The van der Waals surface area contributed by atoms with Gasteiger partial charge in [-0.15, -0.1) is 0 Å². The SMILES string of the molecule is CC.CC.CC.Cc1ccc(-n2c3c(C)c(C)c(C)c(C)c3c3c(C)c(C)c(C)c(C)c32)cc1.Cc1cccc(-n2c3c(C)c(C)c(C)c(C)c3c3c(C)c(C)c(C)c(C)c32)c1.Cc1ccccc1-n1c2c(C)c(C)c(C)c(C)c2c2c(C)c(C)c(C)c(C)c21. The summed E-state index contributed by atoms with van der Waals surface area (Å²) in [4.78, 5) is 0. The summed E-state index contributed by atoms with van der Waals surface area (Å²) < 4.78 is 7.60. The third-order valence-corrected chi connectivity index (χ3v) is 21.9. The van der Waals surface area contributed by atoms with Crippen LogP contribution in [0.5, 0.6) is 0 Å². The van der Waals surface area contributed by atoms with E-state index < -0.39 is 0 Å². The van der Waals surface area contributed by atoms with Crippen molar-refractivity contribution in [2.45, 2.75) is 228 Å². The molecule has 0 fully saturated rings. The zero-order valence-electron chi connectivity index (χ0n) is 62.3. The van der Waals surface area contributed by atoms with Gasteiger partial charge in [0.15, 0.2) is 0 Å². The molecule has 3 heterocycles. The fourth-order valence-corrected chi connectivity index (χ4v) is 14.6. The number of para-hydroxylation sites is 1. The van der Waals surface area contributed by atoms with Crippen LogP contribution in [0.15, 0.2) is 72.8 Å². The minimum Gasteiger partial charge on any atom is -0.309 e. The predicted molar refractivity (Wildman–Crippen MR) is 404 cm³/mol. The molecule has 0 aliphatic carbocycles. The van der Waals surface area contributed by atoms with Crippen LogP contribution in [-0.2, 0) is 0 Å². The normalized spacial score (nSPS) is 11.2. The Morgan fingerprint density at radius 3 is 0.700 bits per heavy atom. The summed E-state index contributed by atoms with van der Waals surface area (Å²) in [6, 6.07) is 26.7. The lowest BCUT2D eigenvalue weighted by atomic mass is 9.90. The molecule has 0 radical (unpaired) electrons. The van der Waals surface area contributed by atoms with Gasteiger partial charge in [-0.2, -0.15) is 0 Å². The molecule has 0 aliphatic rings. The number of nitrogens with zero attached hydrogens (tertiary/aromatic N) is 3. The van der Waals surface area contributed by atoms with Crippen molar-refractivity contribution < 1.29 is 0 Å². The van der Waals surface area contributed by atoms with Gasteiger partial charge in [0.2, 0.25) is 0 Å². The van der Waals surface area contributed by atoms with Crippen molar-refractivity contribution in [2.24, 2.45) is 0 Å². The van der Waals surface area contributed by atoms with Crippen LogP contribution in [0.4, 0.5) is 0 Å². The molecular formula is C87H111N3. The highest BCUT2D eigenvalue weighted by atomic mass is 15.0. The molecule has 3 nitrogen and oxygen atoms in total. The molecule has 12 rings (SSSR count). The lowest BCUT2D eigenvalue weighted by molar-refractivity contribution is 1.11. The minimum absolute atomic E-state index is 1.25. The Morgan fingerprint density at radius 2 is 0.433 bits per heavy atom. The molecule has 90 heavy (non-hydrogen) atoms. The smallest absolute Gasteiger partial charge is 0.0576 e. The first-order chi connectivity index (χ1) is 42.5. The van der Waals surface area contributed by atoms with Crippen molar-refractivity contribution in [3.8, 4) is 17.1 Å². The van der Waals surface area contributed by atoms with Gasteiger partial charge in [0.05, 0.1) is 33.1 Å². The zero-order valence-corrected chi connectivity index (χ0v) is 62.3. The molecule has 12 aromatic rings. The van der Waals surface area contributed by atoms with Gasteiger partial charge < -0.3 is 13.7 Å². The van der Waals surface area contributed by atoms with Crippen LogP contribution < -0.4 is 0 Å². The average Bonchev–Trinajstić information content (AvgIpc) is 1.58. The number of fused-ring (bicyclic) bond motifs is 9. The van der Waals surface area contributed by atoms with E-state index in [2.05, 4.69) is 273 Å². The van der Waals surface area contributed by atoms with Crippen LogP contribution in [0.25, 0.3) is 82.5 Å². The van der Waals surface area contributed by atoms with Crippen molar-refractivity contribution in [2.75, 3.05) is 0 Å². The molecule has 0 saturated heterocycles. The highest BCUT2D eigenvalue weighted by Crippen LogP contribution is 2.47. The first-order valence-electron chi connectivity index (χ1n) is 33.7. The minimum atomic E-state index is 1.25. The van der Waals surface area contributed by atoms with E-state index in [1.807, 2.05) is 41.5 Å². The Bertz CT molecular complexity index is 4560. The van der Waals surface area contributed by atoms with Gasteiger partial charge in [0.1, 0.15) is 0 Å². The first-order valence-corrected chi connectivity index (χ1v) is 33.7. The molecule has 0 N–H and O–H groups in total. The van der Waals surface area contributed by atoms with E-state index in [9.17, 15) is 0 Å². The van der Waals surface area contributed by atoms with Gasteiger partial charge in [-0.05, 0) is 362 Å². The van der Waals surface area contributed by atoms with Crippen LogP contribution in [0.2, 0.25) is 0 Å². The zero-order chi connectivity index (χ0) is 67.5. The Morgan fingerprint density at radius 1 is 0.189 bits per heavy atom. The molecule has 474 valence electrons. The summed E-state index contributed by atoms with van der Waals surface area (Å²) in [6.07, 6.45) is 0. The van der Waals surface area contributed by atoms with E-state index in [0.717, 1.165) is 0 Å². The summed E-state index contributed by atoms with van der Waals surface area (Å²) in [6.45, 7) is 73.4. The summed E-state index contributed by atoms with van der Waals surface area (Å²) in [5.41, 5.74) is 49.8. The second-order valence-corrected chi connectivity index (χ2v) is 25.8. The molecule has 0 bridgehead atoms. The van der Waals surface area contributed by atoms with E-state index in [4.69, 9.17) is 0 Å². The summed E-state index contributed by atoms with van der Waals surface area (Å²) in [5, 5.41) is 8.59. The van der Waals surface area contributed by atoms with E-state index in [0.29, 0.717) is 0 Å². The lowest BCUT2D eigenvalue weighted by Gasteiger charge is -2.17. The van der Waals surface area contributed by atoms with Gasteiger partial charge in [-0.1, -0.05) is 89.6 Å².